The Bertz CT molecular complexity index is 778. The van der Waals surface area contributed by atoms with Crippen LogP contribution in [0, 0.1) is 5.82 Å². The van der Waals surface area contributed by atoms with E-state index in [1.165, 1.54) is 18.2 Å². The number of halogens is 1. The molecule has 0 saturated carbocycles. The molecule has 1 N–H and O–H groups in total. The van der Waals surface area contributed by atoms with E-state index in [-0.39, 0.29) is 5.69 Å². The number of furan rings is 1. The second-order valence-corrected chi connectivity index (χ2v) is 4.48. The number of nitrogens with zero attached hydrogens (tertiary/aromatic N) is 2. The molecule has 1 aromatic carbocycles. The van der Waals surface area contributed by atoms with Crippen molar-refractivity contribution >= 4 is 11.6 Å². The van der Waals surface area contributed by atoms with Gasteiger partial charge < -0.3 is 9.73 Å². The Morgan fingerprint density at radius 2 is 2.14 bits per heavy atom. The Balaban J connectivity index is 1.84. The Morgan fingerprint density at radius 1 is 1.29 bits per heavy atom. The van der Waals surface area contributed by atoms with Gasteiger partial charge in [0.15, 0.2) is 11.5 Å². The van der Waals surface area contributed by atoms with E-state index in [9.17, 15) is 9.18 Å². The molecule has 0 radical (unpaired) electrons. The summed E-state index contributed by atoms with van der Waals surface area (Å²) in [7, 11) is 1.72. The van der Waals surface area contributed by atoms with Gasteiger partial charge in [0.05, 0.1) is 6.26 Å². The van der Waals surface area contributed by atoms with E-state index in [2.05, 4.69) is 10.4 Å². The minimum Gasteiger partial charge on any atom is -0.463 e. The maximum Gasteiger partial charge on any atom is 0.276 e. The van der Waals surface area contributed by atoms with Crippen LogP contribution in [-0.4, -0.2) is 15.7 Å². The molecule has 2 heterocycles. The van der Waals surface area contributed by atoms with Crippen LogP contribution in [0.3, 0.4) is 0 Å². The fraction of sp³-hybridized carbons (Fsp3) is 0.0667. The van der Waals surface area contributed by atoms with Crippen LogP contribution in [0.25, 0.3) is 11.5 Å². The van der Waals surface area contributed by atoms with Gasteiger partial charge in [-0.3, -0.25) is 9.48 Å². The third kappa shape index (κ3) is 2.69. The number of carbonyl (C=O) groups excluding carboxylic acids is 1. The predicted octanol–water partition coefficient (Wildman–Crippen LogP) is 3.07. The Hall–Kier alpha value is -2.89. The lowest BCUT2D eigenvalue weighted by Crippen LogP contribution is -2.13. The first-order valence-electron chi connectivity index (χ1n) is 6.28. The summed E-state index contributed by atoms with van der Waals surface area (Å²) in [5, 5.41) is 6.74. The molecular formula is C15H12FN3O2. The zero-order valence-corrected chi connectivity index (χ0v) is 11.2. The van der Waals surface area contributed by atoms with E-state index in [1.807, 2.05) is 0 Å². The first kappa shape index (κ1) is 13.1. The summed E-state index contributed by atoms with van der Waals surface area (Å²) in [6.07, 6.45) is 1.55. The highest BCUT2D eigenvalue weighted by Crippen LogP contribution is 2.20. The third-order valence-electron chi connectivity index (χ3n) is 2.97. The molecule has 0 aliphatic heterocycles. The number of amides is 1. The number of aryl methyl sites for hydroxylation is 1. The number of hydrogen-bond donors (Lipinski definition) is 1. The molecule has 3 aromatic rings. The van der Waals surface area contributed by atoms with Gasteiger partial charge in [-0.05, 0) is 30.3 Å². The number of anilines is 1. The van der Waals surface area contributed by atoms with Gasteiger partial charge in [0.2, 0.25) is 0 Å². The molecule has 0 atom stereocenters. The second kappa shape index (κ2) is 5.24. The molecule has 21 heavy (non-hydrogen) atoms. The number of benzene rings is 1. The van der Waals surface area contributed by atoms with E-state index in [0.717, 1.165) is 0 Å². The van der Waals surface area contributed by atoms with Crippen molar-refractivity contribution in [1.29, 1.82) is 0 Å². The molecule has 0 saturated heterocycles. The molecule has 0 fully saturated rings. The van der Waals surface area contributed by atoms with E-state index in [4.69, 9.17) is 4.42 Å². The first-order chi connectivity index (χ1) is 10.1. The second-order valence-electron chi connectivity index (χ2n) is 4.48. The SMILES string of the molecule is Cn1nc(C(=O)Nc2cccc(F)c2)cc1-c1ccco1. The molecule has 0 bridgehead atoms. The summed E-state index contributed by atoms with van der Waals surface area (Å²) in [5.41, 5.74) is 1.29. The Morgan fingerprint density at radius 3 is 2.86 bits per heavy atom. The van der Waals surface area contributed by atoms with Crippen LogP contribution in [0.15, 0.2) is 53.1 Å². The fourth-order valence-electron chi connectivity index (χ4n) is 1.99. The van der Waals surface area contributed by atoms with Crippen LogP contribution in [0.5, 0.6) is 0 Å². The van der Waals surface area contributed by atoms with Crippen LogP contribution in [0.4, 0.5) is 10.1 Å². The van der Waals surface area contributed by atoms with E-state index in [0.29, 0.717) is 17.1 Å². The molecule has 0 aliphatic rings. The summed E-state index contributed by atoms with van der Waals surface area (Å²) >= 11 is 0. The van der Waals surface area contributed by atoms with Gasteiger partial charge in [0.25, 0.3) is 5.91 Å². The molecule has 2 aromatic heterocycles. The molecule has 5 nitrogen and oxygen atoms in total. The van der Waals surface area contributed by atoms with E-state index in [1.54, 1.807) is 42.3 Å². The van der Waals surface area contributed by atoms with Gasteiger partial charge in [0.1, 0.15) is 11.5 Å². The molecule has 0 unspecified atom stereocenters. The van der Waals surface area contributed by atoms with Crippen molar-refractivity contribution in [2.45, 2.75) is 0 Å². The molecule has 6 heteroatoms. The molecular weight excluding hydrogens is 273 g/mol. The van der Waals surface area contributed by atoms with Crippen LogP contribution in [-0.2, 0) is 7.05 Å². The lowest BCUT2D eigenvalue weighted by Gasteiger charge is -2.02. The Kier molecular flexibility index (Phi) is 3.27. The normalized spacial score (nSPS) is 10.6. The number of rotatable bonds is 3. The zero-order valence-electron chi connectivity index (χ0n) is 11.2. The van der Waals surface area contributed by atoms with Crippen molar-refractivity contribution in [3.05, 3.63) is 60.2 Å². The zero-order chi connectivity index (χ0) is 14.8. The molecule has 0 aliphatic carbocycles. The number of aromatic nitrogens is 2. The quantitative estimate of drug-likeness (QED) is 0.804. The molecule has 1 amide bonds. The van der Waals surface area contributed by atoms with Gasteiger partial charge in [-0.15, -0.1) is 0 Å². The number of nitrogens with one attached hydrogen (secondary N) is 1. The maximum atomic E-state index is 13.1. The van der Waals surface area contributed by atoms with Gasteiger partial charge in [-0.2, -0.15) is 5.10 Å². The maximum absolute atomic E-state index is 13.1. The van der Waals surface area contributed by atoms with Crippen molar-refractivity contribution in [2.24, 2.45) is 7.05 Å². The lowest BCUT2D eigenvalue weighted by atomic mass is 10.2. The van der Waals surface area contributed by atoms with Crippen LogP contribution in [0.2, 0.25) is 0 Å². The highest BCUT2D eigenvalue weighted by Gasteiger charge is 2.15. The molecule has 0 spiro atoms. The largest absolute Gasteiger partial charge is 0.463 e. The minimum absolute atomic E-state index is 0.230. The summed E-state index contributed by atoms with van der Waals surface area (Å²) in [5.74, 6) is -0.200. The van der Waals surface area contributed by atoms with Crippen LogP contribution in [0.1, 0.15) is 10.5 Å². The summed E-state index contributed by atoms with van der Waals surface area (Å²) in [4.78, 5) is 12.1. The van der Waals surface area contributed by atoms with E-state index >= 15 is 0 Å². The van der Waals surface area contributed by atoms with Crippen molar-refractivity contribution in [2.75, 3.05) is 5.32 Å². The lowest BCUT2D eigenvalue weighted by molar-refractivity contribution is 0.102. The summed E-state index contributed by atoms with van der Waals surface area (Å²) < 4.78 is 19.9. The van der Waals surface area contributed by atoms with Crippen LogP contribution < -0.4 is 5.32 Å². The first-order valence-corrected chi connectivity index (χ1v) is 6.28. The smallest absolute Gasteiger partial charge is 0.276 e. The van der Waals surface area contributed by atoms with Gasteiger partial charge in [-0.1, -0.05) is 6.07 Å². The minimum atomic E-state index is -0.412. The molecule has 3 rings (SSSR count). The Labute approximate surface area is 120 Å². The topological polar surface area (TPSA) is 60.1 Å². The average molecular weight is 285 g/mol. The summed E-state index contributed by atoms with van der Waals surface area (Å²) in [6, 6.07) is 10.8. The number of carbonyl (C=O) groups is 1. The predicted molar refractivity (Wildman–Crippen MR) is 75.3 cm³/mol. The standard InChI is InChI=1S/C15H12FN3O2/c1-19-13(14-6-3-7-21-14)9-12(18-19)15(20)17-11-5-2-4-10(16)8-11/h2-9H,1H3,(H,17,20). The van der Waals surface area contributed by atoms with Gasteiger partial charge in [0, 0.05) is 18.8 Å². The van der Waals surface area contributed by atoms with Crippen LogP contribution >= 0.6 is 0 Å². The monoisotopic (exact) mass is 285 g/mol. The van der Waals surface area contributed by atoms with Crippen molar-refractivity contribution in [3.63, 3.8) is 0 Å². The van der Waals surface area contributed by atoms with Gasteiger partial charge >= 0.3 is 0 Å². The van der Waals surface area contributed by atoms with Gasteiger partial charge in [-0.25, -0.2) is 4.39 Å². The molecule has 106 valence electrons. The van der Waals surface area contributed by atoms with Crippen molar-refractivity contribution < 1.29 is 13.6 Å². The van der Waals surface area contributed by atoms with Crippen molar-refractivity contribution in [1.82, 2.24) is 9.78 Å². The highest BCUT2D eigenvalue weighted by molar-refractivity contribution is 6.03. The average Bonchev–Trinajstić information content (AvgIpc) is 3.07. The number of hydrogen-bond acceptors (Lipinski definition) is 3. The van der Waals surface area contributed by atoms with Crippen molar-refractivity contribution in [3.8, 4) is 11.5 Å². The summed E-state index contributed by atoms with van der Waals surface area (Å²) in [6.45, 7) is 0. The highest BCUT2D eigenvalue weighted by atomic mass is 19.1. The third-order valence-corrected chi connectivity index (χ3v) is 2.97. The van der Waals surface area contributed by atoms with E-state index < -0.39 is 11.7 Å². The fourth-order valence-corrected chi connectivity index (χ4v) is 1.99.